The molecule has 1 atom stereocenters. The van der Waals surface area contributed by atoms with E-state index in [1.807, 2.05) is 6.92 Å². The molecule has 0 fully saturated rings. The minimum Gasteiger partial charge on any atom is -0.366 e. The SMILES string of the molecule is CC(NCc1cc(C(N)=O)ccc1F)c1ccc(F)cc1. The molecule has 1 amide bonds. The van der Waals surface area contributed by atoms with Crippen molar-refractivity contribution in [1.29, 1.82) is 0 Å². The third-order valence-electron chi connectivity index (χ3n) is 3.30. The van der Waals surface area contributed by atoms with Gasteiger partial charge in [-0.3, -0.25) is 4.79 Å². The van der Waals surface area contributed by atoms with Gasteiger partial charge in [-0.2, -0.15) is 0 Å². The summed E-state index contributed by atoms with van der Waals surface area (Å²) in [6.45, 7) is 2.13. The Balaban J connectivity index is 2.07. The molecule has 5 heteroatoms. The van der Waals surface area contributed by atoms with Gasteiger partial charge in [0.25, 0.3) is 0 Å². The molecule has 3 N–H and O–H groups in total. The van der Waals surface area contributed by atoms with Gasteiger partial charge in [0.15, 0.2) is 0 Å². The highest BCUT2D eigenvalue weighted by Gasteiger charge is 2.10. The van der Waals surface area contributed by atoms with Gasteiger partial charge in [-0.15, -0.1) is 0 Å². The van der Waals surface area contributed by atoms with Crippen LogP contribution in [0.2, 0.25) is 0 Å². The van der Waals surface area contributed by atoms with Crippen LogP contribution in [0.3, 0.4) is 0 Å². The van der Waals surface area contributed by atoms with E-state index in [-0.39, 0.29) is 24.0 Å². The Morgan fingerprint density at radius 1 is 1.19 bits per heavy atom. The Hall–Kier alpha value is -2.27. The van der Waals surface area contributed by atoms with Crippen LogP contribution in [0.25, 0.3) is 0 Å². The standard InChI is InChI=1S/C16H16F2N2O/c1-10(11-2-5-14(17)6-3-11)20-9-13-8-12(16(19)21)4-7-15(13)18/h2-8,10,20H,9H2,1H3,(H2,19,21). The number of nitrogens with two attached hydrogens (primary N) is 1. The highest BCUT2D eigenvalue weighted by molar-refractivity contribution is 5.92. The molecule has 0 saturated heterocycles. The van der Waals surface area contributed by atoms with Gasteiger partial charge in [0.05, 0.1) is 0 Å². The number of nitrogens with one attached hydrogen (secondary N) is 1. The highest BCUT2D eigenvalue weighted by atomic mass is 19.1. The lowest BCUT2D eigenvalue weighted by molar-refractivity contribution is 0.1000. The topological polar surface area (TPSA) is 55.1 Å². The summed E-state index contributed by atoms with van der Waals surface area (Å²) in [5.41, 5.74) is 6.70. The summed E-state index contributed by atoms with van der Waals surface area (Å²) in [6.07, 6.45) is 0. The Kier molecular flexibility index (Phi) is 4.65. The predicted octanol–water partition coefficient (Wildman–Crippen LogP) is 2.91. The summed E-state index contributed by atoms with van der Waals surface area (Å²) in [6, 6.07) is 10.0. The first kappa shape index (κ1) is 15.1. The van der Waals surface area contributed by atoms with E-state index in [1.54, 1.807) is 12.1 Å². The van der Waals surface area contributed by atoms with Crippen molar-refractivity contribution in [3.05, 3.63) is 70.8 Å². The zero-order valence-corrected chi connectivity index (χ0v) is 11.6. The van der Waals surface area contributed by atoms with Gasteiger partial charge < -0.3 is 11.1 Å². The minimum absolute atomic E-state index is 0.0813. The Bertz CT molecular complexity index is 641. The maximum Gasteiger partial charge on any atom is 0.248 e. The van der Waals surface area contributed by atoms with E-state index < -0.39 is 11.7 Å². The van der Waals surface area contributed by atoms with Crippen LogP contribution in [-0.2, 0) is 6.54 Å². The number of hydrogen-bond donors (Lipinski definition) is 2. The summed E-state index contributed by atoms with van der Waals surface area (Å²) in [4.78, 5) is 11.1. The van der Waals surface area contributed by atoms with Crippen molar-refractivity contribution in [2.24, 2.45) is 5.73 Å². The first-order valence-corrected chi connectivity index (χ1v) is 6.54. The van der Waals surface area contributed by atoms with Crippen LogP contribution in [0.5, 0.6) is 0 Å². The second kappa shape index (κ2) is 6.45. The van der Waals surface area contributed by atoms with Crippen LogP contribution in [-0.4, -0.2) is 5.91 Å². The molecule has 0 aliphatic carbocycles. The van der Waals surface area contributed by atoms with Crippen LogP contribution in [0.15, 0.2) is 42.5 Å². The fourth-order valence-corrected chi connectivity index (χ4v) is 2.00. The molecule has 1 unspecified atom stereocenters. The van der Waals surface area contributed by atoms with Gasteiger partial charge in [-0.1, -0.05) is 12.1 Å². The summed E-state index contributed by atoms with van der Waals surface area (Å²) in [5.74, 6) is -1.30. The predicted molar refractivity (Wildman–Crippen MR) is 76.6 cm³/mol. The second-order valence-corrected chi connectivity index (χ2v) is 4.82. The molecule has 0 spiro atoms. The Labute approximate surface area is 121 Å². The van der Waals surface area contributed by atoms with E-state index in [2.05, 4.69) is 5.32 Å². The quantitative estimate of drug-likeness (QED) is 0.889. The number of primary amides is 1. The molecule has 0 saturated carbocycles. The normalized spacial score (nSPS) is 12.1. The lowest BCUT2D eigenvalue weighted by atomic mass is 10.1. The van der Waals surface area contributed by atoms with E-state index in [1.165, 1.54) is 30.3 Å². The first-order chi connectivity index (χ1) is 9.97. The number of halogens is 2. The zero-order valence-electron chi connectivity index (χ0n) is 11.6. The molecule has 21 heavy (non-hydrogen) atoms. The van der Waals surface area contributed by atoms with Gasteiger partial charge in [0, 0.05) is 23.7 Å². The van der Waals surface area contributed by atoms with E-state index in [0.717, 1.165) is 5.56 Å². The Morgan fingerprint density at radius 2 is 1.86 bits per heavy atom. The van der Waals surface area contributed by atoms with Crippen LogP contribution >= 0.6 is 0 Å². The van der Waals surface area contributed by atoms with E-state index in [4.69, 9.17) is 5.73 Å². The first-order valence-electron chi connectivity index (χ1n) is 6.54. The number of carbonyl (C=O) groups is 1. The molecule has 2 aromatic carbocycles. The molecule has 110 valence electrons. The van der Waals surface area contributed by atoms with E-state index in [0.29, 0.717) is 5.56 Å². The van der Waals surface area contributed by atoms with Gasteiger partial charge >= 0.3 is 0 Å². The second-order valence-electron chi connectivity index (χ2n) is 4.82. The van der Waals surface area contributed by atoms with Crippen molar-refractivity contribution >= 4 is 5.91 Å². The van der Waals surface area contributed by atoms with Crippen molar-refractivity contribution < 1.29 is 13.6 Å². The summed E-state index contributed by atoms with van der Waals surface area (Å²) >= 11 is 0. The molecule has 3 nitrogen and oxygen atoms in total. The van der Waals surface area contributed by atoms with Crippen molar-refractivity contribution in [3.8, 4) is 0 Å². The van der Waals surface area contributed by atoms with Crippen molar-refractivity contribution in [1.82, 2.24) is 5.32 Å². The van der Waals surface area contributed by atoms with Gasteiger partial charge in [0.1, 0.15) is 11.6 Å². The van der Waals surface area contributed by atoms with Crippen LogP contribution in [0, 0.1) is 11.6 Å². The van der Waals surface area contributed by atoms with E-state index in [9.17, 15) is 13.6 Å². The monoisotopic (exact) mass is 290 g/mol. The third-order valence-corrected chi connectivity index (χ3v) is 3.30. The van der Waals surface area contributed by atoms with Gasteiger partial charge in [-0.05, 0) is 42.8 Å². The molecular weight excluding hydrogens is 274 g/mol. The number of amides is 1. The summed E-state index contributed by atoms with van der Waals surface area (Å²) < 4.78 is 26.6. The number of benzene rings is 2. The minimum atomic E-state index is -0.595. The molecule has 0 aliphatic rings. The lowest BCUT2D eigenvalue weighted by Crippen LogP contribution is -2.19. The van der Waals surface area contributed by atoms with Crippen molar-refractivity contribution in [3.63, 3.8) is 0 Å². The molecule has 0 bridgehead atoms. The number of hydrogen-bond acceptors (Lipinski definition) is 2. The average Bonchev–Trinajstić information content (AvgIpc) is 2.46. The molecule has 0 aliphatic heterocycles. The molecule has 0 aromatic heterocycles. The number of carbonyl (C=O) groups excluding carboxylic acids is 1. The maximum absolute atomic E-state index is 13.7. The average molecular weight is 290 g/mol. The molecular formula is C16H16F2N2O. The molecule has 2 rings (SSSR count). The zero-order chi connectivity index (χ0) is 15.4. The number of rotatable bonds is 5. The largest absolute Gasteiger partial charge is 0.366 e. The van der Waals surface area contributed by atoms with E-state index >= 15 is 0 Å². The van der Waals surface area contributed by atoms with Crippen LogP contribution in [0.1, 0.15) is 34.5 Å². The van der Waals surface area contributed by atoms with Crippen molar-refractivity contribution in [2.75, 3.05) is 0 Å². The molecule has 0 heterocycles. The van der Waals surface area contributed by atoms with Gasteiger partial charge in [0.2, 0.25) is 5.91 Å². The smallest absolute Gasteiger partial charge is 0.248 e. The molecule has 2 aromatic rings. The fourth-order valence-electron chi connectivity index (χ4n) is 2.00. The van der Waals surface area contributed by atoms with Gasteiger partial charge in [-0.25, -0.2) is 8.78 Å². The Morgan fingerprint density at radius 3 is 2.48 bits per heavy atom. The maximum atomic E-state index is 13.7. The summed E-state index contributed by atoms with van der Waals surface area (Å²) in [7, 11) is 0. The van der Waals surface area contributed by atoms with Crippen LogP contribution < -0.4 is 11.1 Å². The third kappa shape index (κ3) is 3.86. The molecule has 0 radical (unpaired) electrons. The lowest BCUT2D eigenvalue weighted by Gasteiger charge is -2.15. The van der Waals surface area contributed by atoms with Crippen molar-refractivity contribution in [2.45, 2.75) is 19.5 Å². The van der Waals surface area contributed by atoms with Crippen LogP contribution in [0.4, 0.5) is 8.78 Å². The fraction of sp³-hybridized carbons (Fsp3) is 0.188. The highest BCUT2D eigenvalue weighted by Crippen LogP contribution is 2.15. The summed E-state index contributed by atoms with van der Waals surface area (Å²) in [5, 5.41) is 3.13.